The number of benzene rings is 2. The van der Waals surface area contributed by atoms with Crippen molar-refractivity contribution in [3.8, 4) is 11.5 Å². The highest BCUT2D eigenvalue weighted by molar-refractivity contribution is 7.89. The van der Waals surface area contributed by atoms with Crippen molar-refractivity contribution in [2.75, 3.05) is 13.6 Å². The molecule has 0 radical (unpaired) electrons. The summed E-state index contributed by atoms with van der Waals surface area (Å²) in [5, 5.41) is 4.10. The van der Waals surface area contributed by atoms with Gasteiger partial charge in [0.05, 0.1) is 5.02 Å². The molecule has 6 nitrogen and oxygen atoms in total. The second kappa shape index (κ2) is 7.35. The highest BCUT2D eigenvalue weighted by atomic mass is 35.5. The van der Waals surface area contributed by atoms with E-state index < -0.39 is 10.0 Å². The standard InChI is InChI=1S/C17H16ClN3O3S/c1-21(25(22,23)15-10-6-5-9-14(15)18)12-11-16-19-17(24-20-16)13-7-3-2-4-8-13/h2-10H,11-12H2,1H3. The summed E-state index contributed by atoms with van der Waals surface area (Å²) in [6, 6.07) is 15.7. The van der Waals surface area contributed by atoms with E-state index in [1.54, 1.807) is 18.2 Å². The molecule has 25 heavy (non-hydrogen) atoms. The Bertz CT molecular complexity index is 958. The number of aromatic nitrogens is 2. The van der Waals surface area contributed by atoms with Crippen molar-refractivity contribution in [2.24, 2.45) is 0 Å². The van der Waals surface area contributed by atoms with Crippen molar-refractivity contribution in [3.63, 3.8) is 0 Å². The molecule has 0 saturated heterocycles. The van der Waals surface area contributed by atoms with E-state index in [4.69, 9.17) is 16.1 Å². The Kier molecular flexibility index (Phi) is 5.17. The largest absolute Gasteiger partial charge is 0.334 e. The second-order valence-electron chi connectivity index (χ2n) is 5.39. The average Bonchev–Trinajstić information content (AvgIpc) is 3.09. The van der Waals surface area contributed by atoms with Gasteiger partial charge in [0, 0.05) is 25.6 Å². The summed E-state index contributed by atoms with van der Waals surface area (Å²) < 4.78 is 31.6. The monoisotopic (exact) mass is 377 g/mol. The van der Waals surface area contributed by atoms with Gasteiger partial charge in [-0.05, 0) is 24.3 Å². The molecule has 8 heteroatoms. The van der Waals surface area contributed by atoms with Gasteiger partial charge in [0.15, 0.2) is 5.82 Å². The van der Waals surface area contributed by atoms with E-state index in [1.165, 1.54) is 17.4 Å². The minimum atomic E-state index is -3.67. The Morgan fingerprint density at radius 2 is 1.76 bits per heavy atom. The third-order valence-corrected chi connectivity index (χ3v) is 6.02. The lowest BCUT2D eigenvalue weighted by molar-refractivity contribution is 0.415. The quantitative estimate of drug-likeness (QED) is 0.659. The Hall–Kier alpha value is -2.22. The first kappa shape index (κ1) is 17.6. The highest BCUT2D eigenvalue weighted by Crippen LogP contribution is 2.23. The van der Waals surface area contributed by atoms with Crippen LogP contribution in [0.4, 0.5) is 0 Å². The van der Waals surface area contributed by atoms with Gasteiger partial charge in [0.1, 0.15) is 4.90 Å². The van der Waals surface area contributed by atoms with E-state index >= 15 is 0 Å². The fourth-order valence-electron chi connectivity index (χ4n) is 2.25. The van der Waals surface area contributed by atoms with Crippen molar-refractivity contribution in [2.45, 2.75) is 11.3 Å². The van der Waals surface area contributed by atoms with Crippen molar-refractivity contribution >= 4 is 21.6 Å². The Morgan fingerprint density at radius 1 is 1.08 bits per heavy atom. The van der Waals surface area contributed by atoms with Crippen LogP contribution in [-0.4, -0.2) is 36.5 Å². The summed E-state index contributed by atoms with van der Waals surface area (Å²) in [6.07, 6.45) is 0.330. The molecular formula is C17H16ClN3O3S. The summed E-state index contributed by atoms with van der Waals surface area (Å²) in [5.74, 6) is 0.854. The first-order valence-corrected chi connectivity index (χ1v) is 9.39. The molecule has 0 spiro atoms. The van der Waals surface area contributed by atoms with Gasteiger partial charge >= 0.3 is 0 Å². The van der Waals surface area contributed by atoms with Crippen LogP contribution in [0.1, 0.15) is 5.82 Å². The molecule has 3 aromatic rings. The van der Waals surface area contributed by atoms with Gasteiger partial charge in [-0.15, -0.1) is 0 Å². The van der Waals surface area contributed by atoms with E-state index in [2.05, 4.69) is 10.1 Å². The summed E-state index contributed by atoms with van der Waals surface area (Å²) in [6.45, 7) is 0.210. The molecule has 0 bridgehead atoms. The van der Waals surface area contributed by atoms with Crippen LogP contribution in [0.15, 0.2) is 64.0 Å². The third kappa shape index (κ3) is 3.89. The smallest absolute Gasteiger partial charge is 0.257 e. The molecule has 0 atom stereocenters. The number of rotatable bonds is 6. The van der Waals surface area contributed by atoms with Crippen LogP contribution in [0.5, 0.6) is 0 Å². The number of nitrogens with zero attached hydrogens (tertiary/aromatic N) is 3. The maximum absolute atomic E-state index is 12.6. The van der Waals surface area contributed by atoms with Gasteiger partial charge in [-0.25, -0.2) is 12.7 Å². The predicted molar refractivity (Wildman–Crippen MR) is 94.7 cm³/mol. The number of halogens is 1. The Morgan fingerprint density at radius 3 is 2.48 bits per heavy atom. The zero-order valence-corrected chi connectivity index (χ0v) is 15.0. The fraction of sp³-hybridized carbons (Fsp3) is 0.176. The van der Waals surface area contributed by atoms with Crippen molar-refractivity contribution in [1.82, 2.24) is 14.4 Å². The summed E-state index contributed by atoms with van der Waals surface area (Å²) in [5.41, 5.74) is 0.818. The SMILES string of the molecule is CN(CCc1noc(-c2ccccc2)n1)S(=O)(=O)c1ccccc1Cl. The first-order chi connectivity index (χ1) is 12.0. The van der Waals surface area contributed by atoms with Crippen LogP contribution in [0.25, 0.3) is 11.5 Å². The molecule has 1 aromatic heterocycles. The minimum absolute atomic E-state index is 0.0808. The lowest BCUT2D eigenvalue weighted by Crippen LogP contribution is -2.29. The van der Waals surface area contributed by atoms with Crippen molar-refractivity contribution in [3.05, 3.63) is 65.4 Å². The van der Waals surface area contributed by atoms with Crippen LogP contribution in [-0.2, 0) is 16.4 Å². The normalized spacial score (nSPS) is 11.8. The maximum atomic E-state index is 12.6. The number of hydrogen-bond donors (Lipinski definition) is 0. The molecule has 0 aliphatic rings. The van der Waals surface area contributed by atoms with Gasteiger partial charge < -0.3 is 4.52 Å². The Balaban J connectivity index is 1.70. The minimum Gasteiger partial charge on any atom is -0.334 e. The molecule has 0 saturated carbocycles. The molecule has 0 aliphatic heterocycles. The molecule has 130 valence electrons. The van der Waals surface area contributed by atoms with E-state index in [0.29, 0.717) is 18.1 Å². The van der Waals surface area contributed by atoms with Crippen molar-refractivity contribution < 1.29 is 12.9 Å². The van der Waals surface area contributed by atoms with E-state index in [1.807, 2.05) is 30.3 Å². The Labute approximate surface area is 151 Å². The summed E-state index contributed by atoms with van der Waals surface area (Å²) >= 11 is 6.00. The van der Waals surface area contributed by atoms with Crippen LogP contribution < -0.4 is 0 Å². The van der Waals surface area contributed by atoms with E-state index in [0.717, 1.165) is 5.56 Å². The van der Waals surface area contributed by atoms with Gasteiger partial charge in [-0.1, -0.05) is 47.1 Å². The third-order valence-electron chi connectivity index (χ3n) is 3.66. The van der Waals surface area contributed by atoms with Crippen LogP contribution in [0, 0.1) is 0 Å². The second-order valence-corrected chi connectivity index (χ2v) is 7.81. The van der Waals surface area contributed by atoms with Gasteiger partial charge in [0.2, 0.25) is 10.0 Å². The van der Waals surface area contributed by atoms with E-state index in [-0.39, 0.29) is 16.5 Å². The molecule has 0 N–H and O–H groups in total. The number of hydrogen-bond acceptors (Lipinski definition) is 5. The molecule has 0 unspecified atom stereocenters. The summed E-state index contributed by atoms with van der Waals surface area (Å²) in [7, 11) is -2.17. The van der Waals surface area contributed by atoms with Gasteiger partial charge in [-0.2, -0.15) is 4.98 Å². The fourth-order valence-corrected chi connectivity index (χ4v) is 3.91. The van der Waals surface area contributed by atoms with Crippen LogP contribution >= 0.6 is 11.6 Å². The lowest BCUT2D eigenvalue weighted by Gasteiger charge is -2.17. The lowest BCUT2D eigenvalue weighted by atomic mass is 10.2. The van der Waals surface area contributed by atoms with E-state index in [9.17, 15) is 8.42 Å². The van der Waals surface area contributed by atoms with Crippen molar-refractivity contribution in [1.29, 1.82) is 0 Å². The molecule has 0 fully saturated rings. The molecule has 0 amide bonds. The number of likely N-dealkylation sites (N-methyl/N-ethyl adjacent to an activating group) is 1. The topological polar surface area (TPSA) is 76.3 Å². The molecule has 2 aromatic carbocycles. The molecule has 0 aliphatic carbocycles. The average molecular weight is 378 g/mol. The van der Waals surface area contributed by atoms with Gasteiger partial charge in [-0.3, -0.25) is 0 Å². The molecule has 1 heterocycles. The number of sulfonamides is 1. The van der Waals surface area contributed by atoms with Gasteiger partial charge in [0.25, 0.3) is 5.89 Å². The molecule has 3 rings (SSSR count). The summed E-state index contributed by atoms with van der Waals surface area (Å²) in [4.78, 5) is 4.38. The zero-order chi connectivity index (χ0) is 17.9. The first-order valence-electron chi connectivity index (χ1n) is 7.57. The zero-order valence-electron chi connectivity index (χ0n) is 13.5. The van der Waals surface area contributed by atoms with Crippen LogP contribution in [0.2, 0.25) is 5.02 Å². The predicted octanol–water partition coefficient (Wildman–Crippen LogP) is 3.25. The van der Waals surface area contributed by atoms with Crippen LogP contribution in [0.3, 0.4) is 0 Å². The highest BCUT2D eigenvalue weighted by Gasteiger charge is 2.23. The molecular weight excluding hydrogens is 362 g/mol. The maximum Gasteiger partial charge on any atom is 0.257 e.